The van der Waals surface area contributed by atoms with Crippen LogP contribution < -0.4 is 10.1 Å². The second kappa shape index (κ2) is 12.4. The van der Waals surface area contributed by atoms with Crippen molar-refractivity contribution in [2.45, 2.75) is 58.4 Å². The summed E-state index contributed by atoms with van der Waals surface area (Å²) in [6, 6.07) is 8.66. The minimum atomic E-state index is -1.79. The van der Waals surface area contributed by atoms with Gasteiger partial charge in [0, 0.05) is 6.54 Å². The third-order valence-electron chi connectivity index (χ3n) is 5.50. The average molecular weight is 471 g/mol. The summed E-state index contributed by atoms with van der Waals surface area (Å²) >= 11 is 0. The van der Waals surface area contributed by atoms with Gasteiger partial charge in [-0.05, 0) is 48.8 Å². The molecule has 1 unspecified atom stereocenters. The summed E-state index contributed by atoms with van der Waals surface area (Å²) in [4.78, 5) is 27.0. The quantitative estimate of drug-likeness (QED) is 0.301. The number of hydrogen-bond donors (Lipinski definition) is 3. The van der Waals surface area contributed by atoms with Crippen molar-refractivity contribution in [3.63, 3.8) is 0 Å². The second-order valence-electron chi connectivity index (χ2n) is 9.50. The van der Waals surface area contributed by atoms with Crippen molar-refractivity contribution in [2.24, 2.45) is 5.41 Å². The van der Waals surface area contributed by atoms with Gasteiger partial charge in [-0.3, -0.25) is 4.79 Å². The van der Waals surface area contributed by atoms with Crippen LogP contribution in [0.5, 0.6) is 5.75 Å². The zero-order valence-corrected chi connectivity index (χ0v) is 20.3. The van der Waals surface area contributed by atoms with Gasteiger partial charge >= 0.3 is 13.2 Å². The van der Waals surface area contributed by atoms with E-state index in [0.29, 0.717) is 18.7 Å². The number of nitrogens with zero attached hydrogens (tertiary/aromatic N) is 2. The van der Waals surface area contributed by atoms with E-state index in [1.807, 2.05) is 26.8 Å². The van der Waals surface area contributed by atoms with E-state index in [2.05, 4.69) is 5.32 Å². The number of piperidine rings is 1. The summed E-state index contributed by atoms with van der Waals surface area (Å²) in [5.41, 5.74) is 0.525. The largest absolute Gasteiger partial charge is 0.497 e. The van der Waals surface area contributed by atoms with E-state index in [1.165, 1.54) is 0 Å². The van der Waals surface area contributed by atoms with Crippen LogP contribution in [-0.4, -0.2) is 66.3 Å². The molecular formula is C24H34BN3O6. The fourth-order valence-electron chi connectivity index (χ4n) is 3.78. The summed E-state index contributed by atoms with van der Waals surface area (Å²) < 4.78 is 10.5. The molecule has 0 radical (unpaired) electrons. The number of allylic oxidation sites excluding steroid dienone is 1. The van der Waals surface area contributed by atoms with Crippen LogP contribution in [0.3, 0.4) is 0 Å². The Morgan fingerprint density at radius 1 is 1.29 bits per heavy atom. The Bertz CT molecular complexity index is 905. The SMILES string of the molecule is COc1ccc(CC(NC(=O)OC[C@H]2CCCCN2C(=O)C(C#N)=CC(C)(C)C)B(O)O)cc1. The van der Waals surface area contributed by atoms with Crippen molar-refractivity contribution < 1.29 is 29.1 Å². The molecule has 2 amide bonds. The Kier molecular flexibility index (Phi) is 9.96. The summed E-state index contributed by atoms with van der Waals surface area (Å²) in [6.45, 7) is 6.17. The van der Waals surface area contributed by atoms with Crippen molar-refractivity contribution in [1.82, 2.24) is 10.2 Å². The third-order valence-corrected chi connectivity index (χ3v) is 5.50. The monoisotopic (exact) mass is 471 g/mol. The molecule has 1 aromatic carbocycles. The number of methoxy groups -OCH3 is 1. The van der Waals surface area contributed by atoms with Gasteiger partial charge < -0.3 is 29.7 Å². The van der Waals surface area contributed by atoms with Crippen LogP contribution in [0.2, 0.25) is 0 Å². The highest BCUT2D eigenvalue weighted by Crippen LogP contribution is 2.23. The van der Waals surface area contributed by atoms with Gasteiger partial charge in [-0.1, -0.05) is 39.0 Å². The molecular weight excluding hydrogens is 437 g/mol. The minimum absolute atomic E-state index is 0.0530. The zero-order valence-electron chi connectivity index (χ0n) is 20.3. The molecule has 2 rings (SSSR count). The van der Waals surface area contributed by atoms with E-state index in [4.69, 9.17) is 9.47 Å². The van der Waals surface area contributed by atoms with E-state index >= 15 is 0 Å². The fraction of sp³-hybridized carbons (Fsp3) is 0.542. The van der Waals surface area contributed by atoms with Crippen LogP contribution >= 0.6 is 0 Å². The van der Waals surface area contributed by atoms with Gasteiger partial charge in [0.05, 0.1) is 19.1 Å². The molecule has 1 fully saturated rings. The van der Waals surface area contributed by atoms with Gasteiger partial charge in [-0.15, -0.1) is 0 Å². The summed E-state index contributed by atoms with van der Waals surface area (Å²) in [5.74, 6) is -0.681. The first-order valence-electron chi connectivity index (χ1n) is 11.4. The molecule has 184 valence electrons. The molecule has 1 heterocycles. The van der Waals surface area contributed by atoms with Crippen LogP contribution in [0.15, 0.2) is 35.9 Å². The van der Waals surface area contributed by atoms with E-state index in [-0.39, 0.29) is 36.0 Å². The number of benzene rings is 1. The molecule has 0 aromatic heterocycles. The number of alkyl carbamates (subject to hydrolysis) is 1. The third kappa shape index (κ3) is 8.39. The molecule has 9 nitrogen and oxygen atoms in total. The highest BCUT2D eigenvalue weighted by Gasteiger charge is 2.31. The van der Waals surface area contributed by atoms with E-state index < -0.39 is 19.2 Å². The molecule has 0 spiro atoms. The molecule has 1 saturated heterocycles. The molecule has 10 heteroatoms. The Morgan fingerprint density at radius 2 is 1.97 bits per heavy atom. The van der Waals surface area contributed by atoms with Crippen LogP contribution in [0.25, 0.3) is 0 Å². The number of hydrogen-bond acceptors (Lipinski definition) is 7. The van der Waals surface area contributed by atoms with Crippen LogP contribution in [-0.2, 0) is 16.0 Å². The molecule has 1 aromatic rings. The van der Waals surface area contributed by atoms with Gasteiger partial charge in [0.1, 0.15) is 24.0 Å². The van der Waals surface area contributed by atoms with Gasteiger partial charge in [-0.25, -0.2) is 4.79 Å². The van der Waals surface area contributed by atoms with Gasteiger partial charge in [0.25, 0.3) is 5.91 Å². The lowest BCUT2D eigenvalue weighted by molar-refractivity contribution is -0.131. The highest BCUT2D eigenvalue weighted by molar-refractivity contribution is 6.43. The molecule has 1 aliphatic heterocycles. The fourth-order valence-corrected chi connectivity index (χ4v) is 3.78. The van der Waals surface area contributed by atoms with Crippen LogP contribution in [0.1, 0.15) is 45.6 Å². The smallest absolute Gasteiger partial charge is 0.475 e. The molecule has 0 aliphatic carbocycles. The van der Waals surface area contributed by atoms with Gasteiger partial charge in [-0.2, -0.15) is 5.26 Å². The lowest BCUT2D eigenvalue weighted by atomic mass is 9.76. The van der Waals surface area contributed by atoms with Crippen molar-refractivity contribution in [3.05, 3.63) is 41.5 Å². The van der Waals surface area contributed by atoms with Crippen LogP contribution in [0, 0.1) is 16.7 Å². The molecule has 0 bridgehead atoms. The number of likely N-dealkylation sites (tertiary alicyclic amines) is 1. The van der Waals surface area contributed by atoms with E-state index in [1.54, 1.807) is 42.4 Å². The number of rotatable bonds is 8. The lowest BCUT2D eigenvalue weighted by Gasteiger charge is -2.35. The first kappa shape index (κ1) is 27.2. The average Bonchev–Trinajstić information content (AvgIpc) is 2.80. The zero-order chi connectivity index (χ0) is 25.3. The molecule has 1 aliphatic rings. The maximum Gasteiger partial charge on any atom is 0.475 e. The number of amides is 2. The first-order chi connectivity index (χ1) is 16.0. The van der Waals surface area contributed by atoms with Crippen molar-refractivity contribution in [3.8, 4) is 11.8 Å². The number of nitriles is 1. The standard InChI is InChI=1S/C24H34BN3O6/c1-24(2,3)14-18(15-26)22(29)28-12-6-5-7-19(28)16-34-23(30)27-21(25(31)32)13-17-8-10-20(33-4)11-9-17/h8-11,14,19,21,31-32H,5-7,12-13,16H2,1-4H3,(H,27,30)/t19-,21?/m1/s1. The predicted octanol–water partition coefficient (Wildman–Crippen LogP) is 2.22. The molecule has 3 N–H and O–H groups in total. The minimum Gasteiger partial charge on any atom is -0.497 e. The molecule has 34 heavy (non-hydrogen) atoms. The Labute approximate surface area is 201 Å². The highest BCUT2D eigenvalue weighted by atomic mass is 16.5. The van der Waals surface area contributed by atoms with Gasteiger partial charge in [0.15, 0.2) is 0 Å². The second-order valence-corrected chi connectivity index (χ2v) is 9.50. The summed E-state index contributed by atoms with van der Waals surface area (Å²) in [5, 5.41) is 31.4. The topological polar surface area (TPSA) is 132 Å². The van der Waals surface area contributed by atoms with E-state index in [0.717, 1.165) is 18.4 Å². The summed E-state index contributed by atoms with van der Waals surface area (Å²) in [6.07, 6.45) is 3.35. The first-order valence-corrected chi connectivity index (χ1v) is 11.4. The molecule has 0 saturated carbocycles. The Morgan fingerprint density at radius 3 is 2.53 bits per heavy atom. The van der Waals surface area contributed by atoms with Crippen molar-refractivity contribution >= 4 is 19.1 Å². The number of ether oxygens (including phenoxy) is 2. The van der Waals surface area contributed by atoms with Gasteiger partial charge in [0.2, 0.25) is 0 Å². The predicted molar refractivity (Wildman–Crippen MR) is 128 cm³/mol. The Balaban J connectivity index is 1.99. The van der Waals surface area contributed by atoms with Crippen molar-refractivity contribution in [1.29, 1.82) is 5.26 Å². The number of carbonyl (C=O) groups is 2. The Hall–Kier alpha value is -3.03. The normalized spacial score (nSPS) is 17.4. The maximum absolute atomic E-state index is 13.0. The summed E-state index contributed by atoms with van der Waals surface area (Å²) in [7, 11) is -0.237. The number of carbonyl (C=O) groups excluding carboxylic acids is 2. The van der Waals surface area contributed by atoms with Crippen molar-refractivity contribution in [2.75, 3.05) is 20.3 Å². The molecule has 2 atom stereocenters. The maximum atomic E-state index is 13.0. The number of nitrogens with one attached hydrogen (secondary N) is 1. The van der Waals surface area contributed by atoms with E-state index in [9.17, 15) is 24.9 Å². The lowest BCUT2D eigenvalue weighted by Crippen LogP contribution is -2.50. The van der Waals surface area contributed by atoms with Crippen LogP contribution in [0.4, 0.5) is 4.79 Å².